The van der Waals surface area contributed by atoms with E-state index in [1.807, 2.05) is 42.6 Å². The number of aromatic nitrogens is 1. The maximum atomic E-state index is 11.3. The van der Waals surface area contributed by atoms with Gasteiger partial charge in [-0.1, -0.05) is 30.3 Å². The first-order chi connectivity index (χ1) is 11.8. The van der Waals surface area contributed by atoms with Gasteiger partial charge in [0, 0.05) is 31.0 Å². The molecule has 1 amide bonds. The van der Waals surface area contributed by atoms with Crippen LogP contribution in [-0.2, 0) is 13.1 Å². The molecule has 0 saturated heterocycles. The molecule has 0 fully saturated rings. The summed E-state index contributed by atoms with van der Waals surface area (Å²) in [6.45, 7) is 1.50. The van der Waals surface area contributed by atoms with Crippen molar-refractivity contribution in [2.75, 3.05) is 0 Å². The van der Waals surface area contributed by atoms with Crippen LogP contribution in [-0.4, -0.2) is 16.1 Å². The van der Waals surface area contributed by atoms with Gasteiger partial charge >= 0.3 is 5.91 Å². The van der Waals surface area contributed by atoms with Gasteiger partial charge in [-0.15, -0.1) is 0 Å². The lowest BCUT2D eigenvalue weighted by Crippen LogP contribution is -2.17. The number of carbonyl (C=O) groups excluding carboxylic acids is 1. The maximum absolute atomic E-state index is 11.3. The van der Waals surface area contributed by atoms with Crippen LogP contribution in [0, 0.1) is 0 Å². The highest BCUT2D eigenvalue weighted by Gasteiger charge is 2.11. The summed E-state index contributed by atoms with van der Waals surface area (Å²) < 4.78 is 5.41. The van der Waals surface area contributed by atoms with Gasteiger partial charge in [-0.2, -0.15) is 0 Å². The smallest absolute Gasteiger partial charge is 0.310 e. The monoisotopic (exact) mass is 323 g/mol. The molecule has 0 saturated carbocycles. The van der Waals surface area contributed by atoms with E-state index in [2.05, 4.69) is 10.3 Å². The van der Waals surface area contributed by atoms with E-state index in [0.29, 0.717) is 5.76 Å². The summed E-state index contributed by atoms with van der Waals surface area (Å²) in [7, 11) is 0. The van der Waals surface area contributed by atoms with E-state index in [1.165, 1.54) is 6.07 Å². The SMILES string of the molecule is O=C(NO)c1ccc(-c2ccc(CNCc3cccnc3)cc2)o1. The van der Waals surface area contributed by atoms with Crippen molar-refractivity contribution in [2.45, 2.75) is 13.1 Å². The number of furan rings is 1. The molecule has 1 aromatic carbocycles. The van der Waals surface area contributed by atoms with E-state index in [1.54, 1.807) is 17.7 Å². The Morgan fingerprint density at radius 1 is 1.04 bits per heavy atom. The molecular weight excluding hydrogens is 306 g/mol. The van der Waals surface area contributed by atoms with Crippen LogP contribution in [0.15, 0.2) is 65.3 Å². The molecule has 0 aliphatic carbocycles. The highest BCUT2D eigenvalue weighted by molar-refractivity contribution is 5.91. The molecule has 0 bridgehead atoms. The lowest BCUT2D eigenvalue weighted by atomic mass is 10.1. The highest BCUT2D eigenvalue weighted by Crippen LogP contribution is 2.22. The number of hydrogen-bond acceptors (Lipinski definition) is 5. The van der Waals surface area contributed by atoms with Gasteiger partial charge in [0.25, 0.3) is 0 Å². The maximum Gasteiger partial charge on any atom is 0.310 e. The van der Waals surface area contributed by atoms with E-state index in [0.717, 1.165) is 29.8 Å². The van der Waals surface area contributed by atoms with Crippen molar-refractivity contribution in [3.05, 3.63) is 77.8 Å². The Hall–Kier alpha value is -2.96. The molecule has 0 atom stereocenters. The Morgan fingerprint density at radius 2 is 1.83 bits per heavy atom. The minimum atomic E-state index is -0.669. The number of benzene rings is 1. The Balaban J connectivity index is 1.59. The van der Waals surface area contributed by atoms with Gasteiger partial charge in [-0.25, -0.2) is 5.48 Å². The number of rotatable bonds is 6. The highest BCUT2D eigenvalue weighted by atomic mass is 16.5. The van der Waals surface area contributed by atoms with E-state index >= 15 is 0 Å². The Morgan fingerprint density at radius 3 is 2.54 bits per heavy atom. The van der Waals surface area contributed by atoms with Crippen LogP contribution in [0.4, 0.5) is 0 Å². The number of hydroxylamine groups is 1. The predicted molar refractivity (Wildman–Crippen MR) is 88.2 cm³/mol. The average molecular weight is 323 g/mol. The summed E-state index contributed by atoms with van der Waals surface area (Å²) in [5, 5.41) is 12.0. The molecule has 3 rings (SSSR count). The summed E-state index contributed by atoms with van der Waals surface area (Å²) in [6, 6.07) is 15.0. The molecule has 0 unspecified atom stereocenters. The zero-order valence-electron chi connectivity index (χ0n) is 12.9. The van der Waals surface area contributed by atoms with E-state index < -0.39 is 5.91 Å². The van der Waals surface area contributed by atoms with Gasteiger partial charge in [0.15, 0.2) is 5.76 Å². The minimum absolute atomic E-state index is 0.0645. The van der Waals surface area contributed by atoms with Gasteiger partial charge in [-0.3, -0.25) is 15.0 Å². The largest absolute Gasteiger partial charge is 0.451 e. The summed E-state index contributed by atoms with van der Waals surface area (Å²) in [5.74, 6) is -0.0318. The first-order valence-corrected chi connectivity index (χ1v) is 7.49. The molecule has 2 aromatic heterocycles. The lowest BCUT2D eigenvalue weighted by molar-refractivity contribution is 0.0677. The molecule has 6 nitrogen and oxygen atoms in total. The topological polar surface area (TPSA) is 87.4 Å². The van der Waals surface area contributed by atoms with Gasteiger partial charge in [0.05, 0.1) is 0 Å². The van der Waals surface area contributed by atoms with Crippen molar-refractivity contribution < 1.29 is 14.4 Å². The fraction of sp³-hybridized carbons (Fsp3) is 0.111. The number of amides is 1. The van der Waals surface area contributed by atoms with Crippen molar-refractivity contribution >= 4 is 5.91 Å². The lowest BCUT2D eigenvalue weighted by Gasteiger charge is -2.05. The van der Waals surface area contributed by atoms with Crippen molar-refractivity contribution in [2.24, 2.45) is 0 Å². The number of carbonyl (C=O) groups is 1. The van der Waals surface area contributed by atoms with Crippen molar-refractivity contribution in [3.8, 4) is 11.3 Å². The predicted octanol–water partition coefficient (Wildman–Crippen LogP) is 2.75. The van der Waals surface area contributed by atoms with Crippen molar-refractivity contribution in [3.63, 3.8) is 0 Å². The molecular formula is C18H17N3O3. The van der Waals surface area contributed by atoms with Crippen LogP contribution in [0.5, 0.6) is 0 Å². The third-order valence-electron chi connectivity index (χ3n) is 3.55. The summed E-state index contributed by atoms with van der Waals surface area (Å²) in [6.07, 6.45) is 3.60. The van der Waals surface area contributed by atoms with Crippen molar-refractivity contribution in [1.82, 2.24) is 15.8 Å². The van der Waals surface area contributed by atoms with Crippen LogP contribution in [0.2, 0.25) is 0 Å². The normalized spacial score (nSPS) is 10.5. The van der Waals surface area contributed by atoms with E-state index in [-0.39, 0.29) is 5.76 Å². The van der Waals surface area contributed by atoms with E-state index in [9.17, 15) is 4.79 Å². The zero-order chi connectivity index (χ0) is 16.8. The van der Waals surface area contributed by atoms with Crippen LogP contribution in [0.3, 0.4) is 0 Å². The molecule has 122 valence electrons. The fourth-order valence-corrected chi connectivity index (χ4v) is 2.31. The molecule has 0 spiro atoms. The Kier molecular flexibility index (Phi) is 5.00. The van der Waals surface area contributed by atoms with Gasteiger partial charge in [-0.05, 0) is 29.3 Å². The molecule has 3 N–H and O–H groups in total. The third-order valence-corrected chi connectivity index (χ3v) is 3.55. The van der Waals surface area contributed by atoms with E-state index in [4.69, 9.17) is 9.62 Å². The molecule has 3 aromatic rings. The number of nitrogens with zero attached hydrogens (tertiary/aromatic N) is 1. The Labute approximate surface area is 139 Å². The zero-order valence-corrected chi connectivity index (χ0v) is 12.9. The molecule has 6 heteroatoms. The Bertz CT molecular complexity index is 798. The van der Waals surface area contributed by atoms with Crippen LogP contribution in [0.1, 0.15) is 21.7 Å². The number of pyridine rings is 1. The molecule has 0 aliphatic rings. The molecule has 2 heterocycles. The van der Waals surface area contributed by atoms with Gasteiger partial charge < -0.3 is 9.73 Å². The quantitative estimate of drug-likeness (QED) is 0.479. The second-order valence-corrected chi connectivity index (χ2v) is 5.27. The molecule has 0 aliphatic heterocycles. The third kappa shape index (κ3) is 3.87. The fourth-order valence-electron chi connectivity index (χ4n) is 2.31. The van der Waals surface area contributed by atoms with Gasteiger partial charge in [0.1, 0.15) is 5.76 Å². The standard InChI is InChI=1S/C18H17N3O3/c22-18(21-23)17-8-7-16(24-17)15-5-3-13(4-6-15)10-20-12-14-2-1-9-19-11-14/h1-9,11,20,23H,10,12H2,(H,21,22). The van der Waals surface area contributed by atoms with Crippen LogP contribution >= 0.6 is 0 Å². The second-order valence-electron chi connectivity index (χ2n) is 5.27. The number of nitrogens with one attached hydrogen (secondary N) is 2. The van der Waals surface area contributed by atoms with Crippen LogP contribution in [0.25, 0.3) is 11.3 Å². The summed E-state index contributed by atoms with van der Waals surface area (Å²) >= 11 is 0. The molecule has 24 heavy (non-hydrogen) atoms. The van der Waals surface area contributed by atoms with Gasteiger partial charge in [0.2, 0.25) is 0 Å². The first kappa shape index (κ1) is 15.9. The first-order valence-electron chi connectivity index (χ1n) is 7.49. The summed E-state index contributed by atoms with van der Waals surface area (Å²) in [5.41, 5.74) is 4.69. The van der Waals surface area contributed by atoms with Crippen molar-refractivity contribution in [1.29, 1.82) is 0 Å². The minimum Gasteiger partial charge on any atom is -0.451 e. The second kappa shape index (κ2) is 7.54. The number of hydrogen-bond donors (Lipinski definition) is 3. The molecule has 0 radical (unpaired) electrons. The van der Waals surface area contributed by atoms with Crippen LogP contribution < -0.4 is 10.8 Å². The average Bonchev–Trinajstić information content (AvgIpc) is 3.13. The summed E-state index contributed by atoms with van der Waals surface area (Å²) in [4.78, 5) is 15.4.